The van der Waals surface area contributed by atoms with Gasteiger partial charge in [0.1, 0.15) is 11.6 Å². The van der Waals surface area contributed by atoms with E-state index < -0.39 is 11.6 Å². The fourth-order valence-corrected chi connectivity index (χ4v) is 3.80. The number of likely N-dealkylation sites (tertiary alicyclic amines) is 1. The molecule has 2 heterocycles. The van der Waals surface area contributed by atoms with Crippen LogP contribution in [0.2, 0.25) is 0 Å². The fourth-order valence-electron chi connectivity index (χ4n) is 3.08. The van der Waals surface area contributed by atoms with Gasteiger partial charge in [-0.2, -0.15) is 0 Å². The SMILES string of the molecule is CC(C)C(=O)N1CCC(C(=O)Nc2nc(-c3cc(F)ccc3F)cs2)CC1. The first kappa shape index (κ1) is 19.4. The third-order valence-electron chi connectivity index (χ3n) is 4.61. The summed E-state index contributed by atoms with van der Waals surface area (Å²) in [4.78, 5) is 30.5. The summed E-state index contributed by atoms with van der Waals surface area (Å²) in [5.41, 5.74) is 0.344. The number of carbonyl (C=O) groups is 2. The summed E-state index contributed by atoms with van der Waals surface area (Å²) >= 11 is 1.16. The average Bonchev–Trinajstić information content (AvgIpc) is 3.11. The van der Waals surface area contributed by atoms with E-state index in [1.165, 1.54) is 0 Å². The Labute approximate surface area is 160 Å². The molecule has 1 aliphatic heterocycles. The van der Waals surface area contributed by atoms with Crippen molar-refractivity contribution in [3.63, 3.8) is 0 Å². The molecule has 1 fully saturated rings. The summed E-state index contributed by atoms with van der Waals surface area (Å²) in [6.45, 7) is 4.85. The third kappa shape index (κ3) is 4.50. The highest BCUT2D eigenvalue weighted by atomic mass is 32.1. The molecule has 0 spiro atoms. The molecule has 1 aliphatic rings. The second-order valence-corrected chi connectivity index (χ2v) is 7.76. The van der Waals surface area contributed by atoms with Gasteiger partial charge in [-0.25, -0.2) is 13.8 Å². The molecule has 27 heavy (non-hydrogen) atoms. The third-order valence-corrected chi connectivity index (χ3v) is 5.37. The molecule has 5 nitrogen and oxygen atoms in total. The van der Waals surface area contributed by atoms with Gasteiger partial charge in [0.2, 0.25) is 11.8 Å². The van der Waals surface area contributed by atoms with E-state index in [0.717, 1.165) is 29.5 Å². The van der Waals surface area contributed by atoms with Crippen LogP contribution in [0.1, 0.15) is 26.7 Å². The smallest absolute Gasteiger partial charge is 0.229 e. The molecule has 0 atom stereocenters. The van der Waals surface area contributed by atoms with Gasteiger partial charge in [0, 0.05) is 35.9 Å². The van der Waals surface area contributed by atoms with Gasteiger partial charge in [-0.15, -0.1) is 11.3 Å². The standard InChI is InChI=1S/C19H21F2N3O2S/c1-11(2)18(26)24-7-5-12(6-8-24)17(25)23-19-22-16(10-27-19)14-9-13(20)3-4-15(14)21/h3-4,9-12H,5-8H2,1-2H3,(H,22,23,25). The number of halogens is 2. The van der Waals surface area contributed by atoms with Crippen LogP contribution in [0.5, 0.6) is 0 Å². The maximum atomic E-state index is 13.9. The monoisotopic (exact) mass is 393 g/mol. The number of benzene rings is 1. The summed E-state index contributed by atoms with van der Waals surface area (Å²) < 4.78 is 27.2. The van der Waals surface area contributed by atoms with Crippen molar-refractivity contribution in [1.82, 2.24) is 9.88 Å². The molecule has 0 saturated carbocycles. The van der Waals surface area contributed by atoms with Gasteiger partial charge in [0.25, 0.3) is 0 Å². The number of piperidine rings is 1. The van der Waals surface area contributed by atoms with Crippen LogP contribution >= 0.6 is 11.3 Å². The van der Waals surface area contributed by atoms with E-state index in [9.17, 15) is 18.4 Å². The minimum atomic E-state index is -0.568. The van der Waals surface area contributed by atoms with Crippen LogP contribution in [0.15, 0.2) is 23.6 Å². The van der Waals surface area contributed by atoms with Gasteiger partial charge in [0.05, 0.1) is 5.69 Å². The Morgan fingerprint density at radius 3 is 2.63 bits per heavy atom. The van der Waals surface area contributed by atoms with Gasteiger partial charge >= 0.3 is 0 Å². The van der Waals surface area contributed by atoms with E-state index in [4.69, 9.17) is 0 Å². The minimum absolute atomic E-state index is 0.0488. The molecule has 144 valence electrons. The second kappa shape index (κ2) is 8.12. The largest absolute Gasteiger partial charge is 0.342 e. The minimum Gasteiger partial charge on any atom is -0.342 e. The van der Waals surface area contributed by atoms with Gasteiger partial charge < -0.3 is 10.2 Å². The van der Waals surface area contributed by atoms with Crippen molar-refractivity contribution < 1.29 is 18.4 Å². The first-order valence-corrected chi connectivity index (χ1v) is 9.73. The van der Waals surface area contributed by atoms with Crippen molar-refractivity contribution >= 4 is 28.3 Å². The van der Waals surface area contributed by atoms with Gasteiger partial charge in [-0.3, -0.25) is 9.59 Å². The van der Waals surface area contributed by atoms with Crippen LogP contribution < -0.4 is 5.32 Å². The zero-order chi connectivity index (χ0) is 19.6. The molecule has 0 unspecified atom stereocenters. The molecule has 2 amide bonds. The molecule has 1 saturated heterocycles. The molecule has 0 radical (unpaired) electrons. The number of anilines is 1. The normalized spacial score (nSPS) is 15.2. The van der Waals surface area contributed by atoms with E-state index in [2.05, 4.69) is 10.3 Å². The van der Waals surface area contributed by atoms with Crippen LogP contribution in [0.3, 0.4) is 0 Å². The Morgan fingerprint density at radius 1 is 1.26 bits per heavy atom. The highest BCUT2D eigenvalue weighted by Crippen LogP contribution is 2.28. The highest BCUT2D eigenvalue weighted by Gasteiger charge is 2.28. The maximum absolute atomic E-state index is 13.9. The lowest BCUT2D eigenvalue weighted by atomic mass is 9.95. The predicted octanol–water partition coefficient (Wildman–Crippen LogP) is 3.92. The summed E-state index contributed by atoms with van der Waals surface area (Å²) in [6.07, 6.45) is 1.20. The molecular formula is C19H21F2N3O2S. The number of thiazole rings is 1. The molecule has 3 rings (SSSR count). The van der Waals surface area contributed by atoms with Crippen LogP contribution in [-0.4, -0.2) is 34.8 Å². The topological polar surface area (TPSA) is 62.3 Å². The second-order valence-electron chi connectivity index (χ2n) is 6.91. The summed E-state index contributed by atoms with van der Waals surface area (Å²) in [5.74, 6) is -1.41. The number of hydrogen-bond acceptors (Lipinski definition) is 4. The van der Waals surface area contributed by atoms with Crippen molar-refractivity contribution in [2.75, 3.05) is 18.4 Å². The van der Waals surface area contributed by atoms with E-state index in [-0.39, 0.29) is 34.9 Å². The lowest BCUT2D eigenvalue weighted by Gasteiger charge is -2.32. The van der Waals surface area contributed by atoms with Crippen molar-refractivity contribution in [1.29, 1.82) is 0 Å². The van der Waals surface area contributed by atoms with Crippen LogP contribution in [0.25, 0.3) is 11.3 Å². The maximum Gasteiger partial charge on any atom is 0.229 e. The van der Waals surface area contributed by atoms with Gasteiger partial charge in [-0.1, -0.05) is 13.8 Å². The lowest BCUT2D eigenvalue weighted by molar-refractivity contribution is -0.137. The number of rotatable bonds is 4. The Bertz CT molecular complexity index is 845. The van der Waals surface area contributed by atoms with Crippen molar-refractivity contribution in [2.45, 2.75) is 26.7 Å². The molecule has 8 heteroatoms. The quantitative estimate of drug-likeness (QED) is 0.856. The summed E-state index contributed by atoms with van der Waals surface area (Å²) in [7, 11) is 0. The van der Waals surface area contributed by atoms with Gasteiger partial charge in [0.15, 0.2) is 5.13 Å². The molecule has 0 bridgehead atoms. The zero-order valence-electron chi connectivity index (χ0n) is 15.2. The van der Waals surface area contributed by atoms with Crippen molar-refractivity contribution in [3.05, 3.63) is 35.2 Å². The Morgan fingerprint density at radius 2 is 1.96 bits per heavy atom. The fraction of sp³-hybridized carbons (Fsp3) is 0.421. The number of aromatic nitrogens is 1. The first-order chi connectivity index (χ1) is 12.8. The molecule has 1 aromatic heterocycles. The number of nitrogens with zero attached hydrogens (tertiary/aromatic N) is 2. The molecule has 0 aliphatic carbocycles. The van der Waals surface area contributed by atoms with E-state index in [1.807, 2.05) is 13.8 Å². The highest BCUT2D eigenvalue weighted by molar-refractivity contribution is 7.14. The van der Waals surface area contributed by atoms with E-state index >= 15 is 0 Å². The van der Waals surface area contributed by atoms with Crippen molar-refractivity contribution in [2.24, 2.45) is 11.8 Å². The Kier molecular flexibility index (Phi) is 5.84. The number of nitrogens with one attached hydrogen (secondary N) is 1. The zero-order valence-corrected chi connectivity index (χ0v) is 16.0. The van der Waals surface area contributed by atoms with Gasteiger partial charge in [-0.05, 0) is 31.0 Å². The summed E-state index contributed by atoms with van der Waals surface area (Å²) in [5, 5.41) is 4.68. The molecule has 2 aromatic rings. The average molecular weight is 393 g/mol. The molecule has 1 N–H and O–H groups in total. The summed E-state index contributed by atoms with van der Waals surface area (Å²) in [6, 6.07) is 3.18. The molecule has 1 aromatic carbocycles. The Hall–Kier alpha value is -2.35. The Balaban J connectivity index is 1.60. The van der Waals surface area contributed by atoms with Crippen molar-refractivity contribution in [3.8, 4) is 11.3 Å². The number of carbonyl (C=O) groups excluding carboxylic acids is 2. The lowest BCUT2D eigenvalue weighted by Crippen LogP contribution is -2.43. The van der Waals surface area contributed by atoms with E-state index in [0.29, 0.717) is 31.1 Å². The van der Waals surface area contributed by atoms with Crippen LogP contribution in [-0.2, 0) is 9.59 Å². The predicted molar refractivity (Wildman–Crippen MR) is 100 cm³/mol. The number of amides is 2. The van der Waals surface area contributed by atoms with E-state index in [1.54, 1.807) is 10.3 Å². The molecular weight excluding hydrogens is 372 g/mol. The van der Waals surface area contributed by atoms with Crippen LogP contribution in [0, 0.1) is 23.5 Å². The van der Waals surface area contributed by atoms with Crippen LogP contribution in [0.4, 0.5) is 13.9 Å². The number of hydrogen-bond donors (Lipinski definition) is 1. The first-order valence-electron chi connectivity index (χ1n) is 8.85.